The van der Waals surface area contributed by atoms with Gasteiger partial charge in [-0.1, -0.05) is 36.5 Å². The monoisotopic (exact) mass is 284 g/mol. The Morgan fingerprint density at radius 2 is 1.74 bits per heavy atom. The first-order chi connectivity index (χ1) is 8.88. The van der Waals surface area contributed by atoms with E-state index in [1.807, 2.05) is 0 Å². The molecule has 2 rings (SSSR count). The van der Waals surface area contributed by atoms with Gasteiger partial charge >= 0.3 is 6.18 Å². The molecule has 0 amide bonds. The Balaban J connectivity index is 2.47. The maximum absolute atomic E-state index is 12.2. The Morgan fingerprint density at radius 3 is 2.32 bits per heavy atom. The van der Waals surface area contributed by atoms with Crippen LogP contribution in [0.5, 0.6) is 0 Å². The number of nitrogens with one attached hydrogen (secondary N) is 1. The van der Waals surface area contributed by atoms with E-state index in [9.17, 15) is 13.2 Å². The maximum Gasteiger partial charge on any atom is 0.405 e. The Kier molecular flexibility index (Phi) is 3.61. The number of nitrogens with two attached hydrogens (primary N) is 1. The number of hydrogen-bond donors (Lipinski definition) is 2. The van der Waals surface area contributed by atoms with Crippen molar-refractivity contribution >= 4 is 33.7 Å². The van der Waals surface area contributed by atoms with Crippen LogP contribution in [-0.4, -0.2) is 17.7 Å². The van der Waals surface area contributed by atoms with Crippen LogP contribution in [0.1, 0.15) is 5.56 Å². The highest BCUT2D eigenvalue weighted by atomic mass is 32.1. The number of anilines is 1. The van der Waals surface area contributed by atoms with E-state index < -0.39 is 12.7 Å². The fourth-order valence-electron chi connectivity index (χ4n) is 1.86. The van der Waals surface area contributed by atoms with Crippen molar-refractivity contribution in [1.82, 2.24) is 0 Å². The molecular formula is C13H11F3N2S. The summed E-state index contributed by atoms with van der Waals surface area (Å²) in [5, 5.41) is 3.79. The summed E-state index contributed by atoms with van der Waals surface area (Å²) < 4.78 is 36.7. The lowest BCUT2D eigenvalue weighted by Crippen LogP contribution is -2.21. The first-order valence-corrected chi connectivity index (χ1v) is 5.91. The summed E-state index contributed by atoms with van der Waals surface area (Å²) in [5.74, 6) is 0. The van der Waals surface area contributed by atoms with E-state index in [0.717, 1.165) is 5.39 Å². The van der Waals surface area contributed by atoms with E-state index in [4.69, 9.17) is 18.0 Å². The van der Waals surface area contributed by atoms with E-state index in [0.29, 0.717) is 16.6 Å². The van der Waals surface area contributed by atoms with Crippen molar-refractivity contribution in [3.8, 4) is 0 Å². The molecule has 2 nitrogen and oxygen atoms in total. The Labute approximate surface area is 113 Å². The maximum atomic E-state index is 12.2. The van der Waals surface area contributed by atoms with Crippen LogP contribution >= 0.6 is 12.2 Å². The molecule has 0 unspecified atom stereocenters. The molecule has 0 aliphatic heterocycles. The molecule has 19 heavy (non-hydrogen) atoms. The third-order valence-electron chi connectivity index (χ3n) is 2.67. The van der Waals surface area contributed by atoms with Gasteiger partial charge in [0.2, 0.25) is 0 Å². The molecule has 6 heteroatoms. The average molecular weight is 284 g/mol. The highest BCUT2D eigenvalue weighted by molar-refractivity contribution is 7.80. The van der Waals surface area contributed by atoms with Gasteiger partial charge in [0, 0.05) is 16.6 Å². The summed E-state index contributed by atoms with van der Waals surface area (Å²) in [6.07, 6.45) is -4.26. The van der Waals surface area contributed by atoms with Crippen molar-refractivity contribution in [2.75, 3.05) is 11.9 Å². The molecule has 0 atom stereocenters. The third-order valence-corrected chi connectivity index (χ3v) is 2.89. The van der Waals surface area contributed by atoms with Crippen LogP contribution in [0.2, 0.25) is 0 Å². The zero-order valence-corrected chi connectivity index (χ0v) is 10.6. The lowest BCUT2D eigenvalue weighted by molar-refractivity contribution is -0.115. The molecule has 3 N–H and O–H groups in total. The van der Waals surface area contributed by atoms with Crippen LogP contribution < -0.4 is 11.1 Å². The minimum absolute atomic E-state index is 0.221. The van der Waals surface area contributed by atoms with Crippen LogP contribution in [0, 0.1) is 0 Å². The Hall–Kier alpha value is -1.82. The standard InChI is InChI=1S/C13H11F3N2S/c14-13(15,16)7-18-11-6-5-10(12(17)19)8-3-1-2-4-9(8)11/h1-6,18H,7H2,(H2,17,19). The van der Waals surface area contributed by atoms with Crippen molar-refractivity contribution in [3.05, 3.63) is 42.0 Å². The number of benzene rings is 2. The zero-order chi connectivity index (χ0) is 14.0. The number of halogens is 3. The molecular weight excluding hydrogens is 273 g/mol. The van der Waals surface area contributed by atoms with Crippen molar-refractivity contribution in [2.24, 2.45) is 5.73 Å². The molecule has 0 heterocycles. The second-order valence-corrected chi connectivity index (χ2v) is 4.48. The van der Waals surface area contributed by atoms with Crippen molar-refractivity contribution in [3.63, 3.8) is 0 Å². The van der Waals surface area contributed by atoms with E-state index in [-0.39, 0.29) is 4.99 Å². The van der Waals surface area contributed by atoms with Crippen LogP contribution in [0.4, 0.5) is 18.9 Å². The topological polar surface area (TPSA) is 38.0 Å². The summed E-state index contributed by atoms with van der Waals surface area (Å²) >= 11 is 4.93. The molecule has 0 aromatic heterocycles. The van der Waals surface area contributed by atoms with Crippen molar-refractivity contribution in [1.29, 1.82) is 0 Å². The number of thiocarbonyl (C=S) groups is 1. The van der Waals surface area contributed by atoms with Crippen molar-refractivity contribution < 1.29 is 13.2 Å². The predicted octanol–water partition coefficient (Wildman–Crippen LogP) is 3.45. The summed E-state index contributed by atoms with van der Waals surface area (Å²) in [6.45, 7) is -1.08. The van der Waals surface area contributed by atoms with Gasteiger partial charge < -0.3 is 11.1 Å². The van der Waals surface area contributed by atoms with Crippen LogP contribution in [-0.2, 0) is 0 Å². The highest BCUT2D eigenvalue weighted by Gasteiger charge is 2.26. The van der Waals surface area contributed by atoms with Gasteiger partial charge in [0.1, 0.15) is 11.5 Å². The lowest BCUT2D eigenvalue weighted by atomic mass is 10.0. The molecule has 0 saturated carbocycles. The number of fused-ring (bicyclic) bond motifs is 1. The van der Waals surface area contributed by atoms with Gasteiger partial charge in [-0.3, -0.25) is 0 Å². The summed E-state index contributed by atoms with van der Waals surface area (Å²) in [6, 6.07) is 10.2. The second kappa shape index (κ2) is 5.05. The average Bonchev–Trinajstić information content (AvgIpc) is 2.34. The van der Waals surface area contributed by atoms with Crippen LogP contribution in [0.3, 0.4) is 0 Å². The quantitative estimate of drug-likeness (QED) is 0.848. The van der Waals surface area contributed by atoms with Crippen LogP contribution in [0.25, 0.3) is 10.8 Å². The number of alkyl halides is 3. The molecule has 0 spiro atoms. The third kappa shape index (κ3) is 3.14. The molecule has 0 aliphatic rings. The highest BCUT2D eigenvalue weighted by Crippen LogP contribution is 2.27. The summed E-state index contributed by atoms with van der Waals surface area (Å²) in [5.41, 5.74) is 6.67. The van der Waals surface area contributed by atoms with Gasteiger partial charge in [-0.2, -0.15) is 13.2 Å². The van der Waals surface area contributed by atoms with Gasteiger partial charge in [-0.25, -0.2) is 0 Å². The molecule has 0 fully saturated rings. The zero-order valence-electron chi connectivity index (χ0n) is 9.79. The molecule has 0 radical (unpaired) electrons. The summed E-state index contributed by atoms with van der Waals surface area (Å²) in [4.78, 5) is 0.221. The Bertz CT molecular complexity index is 623. The largest absolute Gasteiger partial charge is 0.405 e. The van der Waals surface area contributed by atoms with Gasteiger partial charge in [-0.15, -0.1) is 0 Å². The smallest absolute Gasteiger partial charge is 0.389 e. The molecule has 0 saturated heterocycles. The van der Waals surface area contributed by atoms with Gasteiger partial charge in [0.05, 0.1) is 0 Å². The molecule has 100 valence electrons. The van der Waals surface area contributed by atoms with Crippen LogP contribution in [0.15, 0.2) is 36.4 Å². The molecule has 0 bridgehead atoms. The second-order valence-electron chi connectivity index (χ2n) is 4.04. The van der Waals surface area contributed by atoms with E-state index in [2.05, 4.69) is 5.32 Å². The van der Waals surface area contributed by atoms with Gasteiger partial charge in [0.15, 0.2) is 0 Å². The van der Waals surface area contributed by atoms with Crippen molar-refractivity contribution in [2.45, 2.75) is 6.18 Å². The minimum Gasteiger partial charge on any atom is -0.389 e. The minimum atomic E-state index is -4.26. The number of rotatable bonds is 3. The molecule has 0 aliphatic carbocycles. The first-order valence-electron chi connectivity index (χ1n) is 5.50. The van der Waals surface area contributed by atoms with E-state index in [1.54, 1.807) is 36.4 Å². The first kappa shape index (κ1) is 13.6. The SMILES string of the molecule is NC(=S)c1ccc(NCC(F)(F)F)c2ccccc12. The molecule has 2 aromatic carbocycles. The van der Waals surface area contributed by atoms with E-state index >= 15 is 0 Å². The number of hydrogen-bond acceptors (Lipinski definition) is 2. The van der Waals surface area contributed by atoms with Gasteiger partial charge in [0.25, 0.3) is 0 Å². The molecule has 2 aromatic rings. The fourth-order valence-corrected chi connectivity index (χ4v) is 2.04. The fraction of sp³-hybridized carbons (Fsp3) is 0.154. The predicted molar refractivity (Wildman–Crippen MR) is 74.4 cm³/mol. The van der Waals surface area contributed by atoms with Gasteiger partial charge in [-0.05, 0) is 17.5 Å². The van der Waals surface area contributed by atoms with E-state index in [1.165, 1.54) is 0 Å². The summed E-state index contributed by atoms with van der Waals surface area (Å²) in [7, 11) is 0. The Morgan fingerprint density at radius 1 is 1.11 bits per heavy atom. The lowest BCUT2D eigenvalue weighted by Gasteiger charge is -2.13. The normalized spacial score (nSPS) is 11.5.